The Balaban J connectivity index is 1.65. The summed E-state index contributed by atoms with van der Waals surface area (Å²) in [5.74, 6) is -0.419. The number of benzene rings is 1. The number of aromatic carboxylic acids is 1. The van der Waals surface area contributed by atoms with Gasteiger partial charge in [-0.25, -0.2) is 14.6 Å². The number of aliphatic imine (C=N–C) groups is 1. The van der Waals surface area contributed by atoms with Crippen LogP contribution < -0.4 is 0 Å². The van der Waals surface area contributed by atoms with Crippen LogP contribution in [-0.4, -0.2) is 29.9 Å². The van der Waals surface area contributed by atoms with Gasteiger partial charge in [0.25, 0.3) is 0 Å². The minimum atomic E-state index is -1.01. The molecule has 154 valence electrons. The topological polar surface area (TPSA) is 89.1 Å². The van der Waals surface area contributed by atoms with Gasteiger partial charge in [-0.05, 0) is 56.4 Å². The summed E-state index contributed by atoms with van der Waals surface area (Å²) in [6.07, 6.45) is 5.56. The maximum absolute atomic E-state index is 12.5. The Kier molecular flexibility index (Phi) is 5.81. The van der Waals surface area contributed by atoms with Crippen molar-refractivity contribution in [2.75, 3.05) is 6.61 Å². The lowest BCUT2D eigenvalue weighted by molar-refractivity contribution is 0.0526. The average Bonchev–Trinajstić information content (AvgIpc) is 3.36. The number of aryl methyl sites for hydroxylation is 1. The summed E-state index contributed by atoms with van der Waals surface area (Å²) < 4.78 is 11.1. The van der Waals surface area contributed by atoms with Gasteiger partial charge in [0.15, 0.2) is 0 Å². The van der Waals surface area contributed by atoms with Crippen LogP contribution in [0.1, 0.15) is 56.7 Å². The zero-order valence-corrected chi connectivity index (χ0v) is 17.3. The van der Waals surface area contributed by atoms with Gasteiger partial charge < -0.3 is 14.3 Å². The molecule has 3 aromatic rings. The summed E-state index contributed by atoms with van der Waals surface area (Å²) in [6, 6.07) is 10.1. The third kappa shape index (κ3) is 3.93. The molecule has 4 rings (SSSR count). The second-order valence-corrected chi connectivity index (χ2v) is 8.01. The third-order valence-corrected chi connectivity index (χ3v) is 6.19. The molecule has 0 atom stereocenters. The van der Waals surface area contributed by atoms with E-state index < -0.39 is 5.97 Å². The predicted molar refractivity (Wildman–Crippen MR) is 115 cm³/mol. The highest BCUT2D eigenvalue weighted by Gasteiger charge is 2.26. The number of rotatable bonds is 6. The lowest BCUT2D eigenvalue weighted by Crippen LogP contribution is -2.09. The molecule has 0 saturated carbocycles. The smallest absolute Gasteiger partial charge is 0.341 e. The zero-order valence-electron chi connectivity index (χ0n) is 16.5. The monoisotopic (exact) mass is 423 g/mol. The molecule has 0 amide bonds. The number of thiophene rings is 1. The fourth-order valence-corrected chi connectivity index (χ4v) is 4.85. The van der Waals surface area contributed by atoms with Gasteiger partial charge in [0.1, 0.15) is 16.5 Å². The molecule has 0 saturated heterocycles. The number of carboxylic acids is 1. The second-order valence-electron chi connectivity index (χ2n) is 6.92. The van der Waals surface area contributed by atoms with Gasteiger partial charge in [-0.1, -0.05) is 18.2 Å². The molecule has 1 N–H and O–H groups in total. The molecule has 2 heterocycles. The number of hydrogen-bond donors (Lipinski definition) is 1. The Bertz CT molecular complexity index is 1120. The van der Waals surface area contributed by atoms with Gasteiger partial charge in [0, 0.05) is 10.4 Å². The van der Waals surface area contributed by atoms with Crippen molar-refractivity contribution in [3.8, 4) is 11.3 Å². The number of furan rings is 1. The van der Waals surface area contributed by atoms with Crippen LogP contribution in [0, 0.1) is 0 Å². The number of fused-ring (bicyclic) bond motifs is 1. The molecule has 30 heavy (non-hydrogen) atoms. The van der Waals surface area contributed by atoms with E-state index in [1.807, 2.05) is 0 Å². The van der Waals surface area contributed by atoms with Gasteiger partial charge in [-0.15, -0.1) is 11.3 Å². The summed E-state index contributed by atoms with van der Waals surface area (Å²) in [6.45, 7) is 2.11. The average molecular weight is 423 g/mol. The molecule has 0 aliphatic heterocycles. The molecule has 1 aliphatic carbocycles. The first-order valence-electron chi connectivity index (χ1n) is 9.86. The maximum atomic E-state index is 12.5. The van der Waals surface area contributed by atoms with E-state index in [0.29, 0.717) is 34.3 Å². The standard InChI is InChI=1S/C23H21NO5S/c1-2-28-23(27)20-17-9-5-6-10-19(17)30-21(20)24-13-14-11-12-18(29-14)15-7-3-4-8-16(15)22(25)26/h3-4,7-8,11-13H,2,5-6,9-10H2,1H3,(H,25,26). The number of hydrogen-bond acceptors (Lipinski definition) is 6. The first-order valence-corrected chi connectivity index (χ1v) is 10.7. The van der Waals surface area contributed by atoms with Crippen LogP contribution in [0.15, 0.2) is 45.8 Å². The van der Waals surface area contributed by atoms with Gasteiger partial charge in [0.05, 0.1) is 23.9 Å². The number of esters is 1. The summed E-state index contributed by atoms with van der Waals surface area (Å²) in [7, 11) is 0. The highest BCUT2D eigenvalue weighted by atomic mass is 32.1. The van der Waals surface area contributed by atoms with Gasteiger partial charge >= 0.3 is 11.9 Å². The number of nitrogens with zero attached hydrogens (tertiary/aromatic N) is 1. The highest BCUT2D eigenvalue weighted by molar-refractivity contribution is 7.16. The molecule has 6 nitrogen and oxygen atoms in total. The molecule has 0 spiro atoms. The van der Waals surface area contributed by atoms with Crippen molar-refractivity contribution in [1.82, 2.24) is 0 Å². The van der Waals surface area contributed by atoms with Crippen LogP contribution in [0.5, 0.6) is 0 Å². The van der Waals surface area contributed by atoms with Crippen molar-refractivity contribution in [3.63, 3.8) is 0 Å². The Morgan fingerprint density at radius 2 is 2.00 bits per heavy atom. The van der Waals surface area contributed by atoms with Gasteiger partial charge in [-0.3, -0.25) is 0 Å². The SMILES string of the molecule is CCOC(=O)c1c(N=Cc2ccc(-c3ccccc3C(=O)O)o2)sc2c1CCCC2. The van der Waals surface area contributed by atoms with Crippen molar-refractivity contribution in [2.24, 2.45) is 4.99 Å². The molecule has 1 aromatic carbocycles. The van der Waals surface area contributed by atoms with Crippen molar-refractivity contribution < 1.29 is 23.8 Å². The number of carbonyl (C=O) groups is 2. The quantitative estimate of drug-likeness (QED) is 0.417. The Morgan fingerprint density at radius 3 is 2.80 bits per heavy atom. The molecule has 0 bridgehead atoms. The van der Waals surface area contributed by atoms with Gasteiger partial charge in [-0.2, -0.15) is 0 Å². The van der Waals surface area contributed by atoms with E-state index >= 15 is 0 Å². The summed E-state index contributed by atoms with van der Waals surface area (Å²) in [4.78, 5) is 29.7. The summed E-state index contributed by atoms with van der Waals surface area (Å²) >= 11 is 1.53. The third-order valence-electron chi connectivity index (χ3n) is 4.99. The van der Waals surface area contributed by atoms with Crippen molar-refractivity contribution in [2.45, 2.75) is 32.6 Å². The molecule has 1 aliphatic rings. The van der Waals surface area contributed by atoms with Crippen LogP contribution in [-0.2, 0) is 17.6 Å². The fourth-order valence-electron chi connectivity index (χ4n) is 3.63. The lowest BCUT2D eigenvalue weighted by Gasteiger charge is -2.11. The fraction of sp³-hybridized carbons (Fsp3) is 0.261. The molecular formula is C23H21NO5S. The van der Waals surface area contributed by atoms with Crippen molar-refractivity contribution in [3.05, 3.63) is 63.7 Å². The van der Waals surface area contributed by atoms with E-state index in [2.05, 4.69) is 4.99 Å². The maximum Gasteiger partial charge on any atom is 0.341 e. The Hall–Kier alpha value is -3.19. The minimum absolute atomic E-state index is 0.172. The first-order chi connectivity index (χ1) is 14.6. The highest BCUT2D eigenvalue weighted by Crippen LogP contribution is 2.40. The van der Waals surface area contributed by atoms with E-state index in [1.165, 1.54) is 22.3 Å². The Labute approximate surface area is 177 Å². The predicted octanol–water partition coefficient (Wildman–Crippen LogP) is 5.51. The largest absolute Gasteiger partial charge is 0.478 e. The van der Waals surface area contributed by atoms with Crippen LogP contribution in [0.25, 0.3) is 11.3 Å². The first kappa shape index (κ1) is 20.1. The zero-order chi connectivity index (χ0) is 21.1. The molecule has 0 fully saturated rings. The second kappa shape index (κ2) is 8.67. The molecular weight excluding hydrogens is 402 g/mol. The van der Waals surface area contributed by atoms with E-state index in [-0.39, 0.29) is 11.5 Å². The molecule has 0 radical (unpaired) electrons. The van der Waals surface area contributed by atoms with E-state index in [0.717, 1.165) is 31.2 Å². The molecule has 0 unspecified atom stereocenters. The normalized spacial score (nSPS) is 13.4. The van der Waals surface area contributed by atoms with Crippen LogP contribution in [0.4, 0.5) is 5.00 Å². The molecule has 7 heteroatoms. The number of carbonyl (C=O) groups excluding carboxylic acids is 1. The number of ether oxygens (including phenoxy) is 1. The Morgan fingerprint density at radius 1 is 1.20 bits per heavy atom. The van der Waals surface area contributed by atoms with Crippen LogP contribution >= 0.6 is 11.3 Å². The summed E-state index contributed by atoms with van der Waals surface area (Å²) in [5.41, 5.74) is 2.30. The minimum Gasteiger partial charge on any atom is -0.478 e. The summed E-state index contributed by atoms with van der Waals surface area (Å²) in [5, 5.41) is 10.0. The number of carboxylic acid groups (broad SMARTS) is 1. The lowest BCUT2D eigenvalue weighted by atomic mass is 9.95. The van der Waals surface area contributed by atoms with Gasteiger partial charge in [0.2, 0.25) is 0 Å². The van der Waals surface area contributed by atoms with E-state index in [1.54, 1.807) is 43.5 Å². The van der Waals surface area contributed by atoms with E-state index in [9.17, 15) is 14.7 Å². The van der Waals surface area contributed by atoms with Crippen LogP contribution in [0.2, 0.25) is 0 Å². The van der Waals surface area contributed by atoms with Crippen molar-refractivity contribution in [1.29, 1.82) is 0 Å². The van der Waals surface area contributed by atoms with E-state index in [4.69, 9.17) is 9.15 Å². The van der Waals surface area contributed by atoms with Crippen molar-refractivity contribution >= 4 is 34.5 Å². The van der Waals surface area contributed by atoms with Crippen LogP contribution in [0.3, 0.4) is 0 Å². The molecule has 2 aromatic heterocycles.